The fourth-order valence-corrected chi connectivity index (χ4v) is 2.18. The average molecular weight is 281 g/mol. The van der Waals surface area contributed by atoms with Crippen LogP contribution < -0.4 is 10.6 Å². The molecule has 7 nitrogen and oxygen atoms in total. The van der Waals surface area contributed by atoms with Gasteiger partial charge in [0.1, 0.15) is 11.8 Å². The molecule has 3 amide bonds. The number of urea groups is 1. The van der Waals surface area contributed by atoms with E-state index < -0.39 is 29.9 Å². The SMILES string of the molecule is CO[C@H]1C[C@H](NC(=O)NC(C)=O)O[C@@]1(CO)CCl. The molecule has 104 valence electrons. The zero-order chi connectivity index (χ0) is 13.8. The molecule has 0 aliphatic carbocycles. The molecule has 0 unspecified atom stereocenters. The molecule has 1 heterocycles. The number of hydrogen-bond acceptors (Lipinski definition) is 5. The molecule has 0 saturated carbocycles. The molecule has 0 bridgehead atoms. The number of aliphatic hydroxyl groups excluding tert-OH is 1. The number of imide groups is 1. The van der Waals surface area contributed by atoms with Gasteiger partial charge in [-0.1, -0.05) is 0 Å². The maximum Gasteiger partial charge on any atom is 0.323 e. The Morgan fingerprint density at radius 1 is 1.61 bits per heavy atom. The molecule has 18 heavy (non-hydrogen) atoms. The Morgan fingerprint density at radius 3 is 2.67 bits per heavy atom. The molecule has 1 saturated heterocycles. The van der Waals surface area contributed by atoms with Gasteiger partial charge in [-0.25, -0.2) is 4.79 Å². The van der Waals surface area contributed by atoms with Crippen molar-refractivity contribution in [2.45, 2.75) is 31.3 Å². The first kappa shape index (κ1) is 15.2. The first-order valence-electron chi connectivity index (χ1n) is 5.43. The maximum absolute atomic E-state index is 11.3. The van der Waals surface area contributed by atoms with Gasteiger partial charge >= 0.3 is 6.03 Å². The van der Waals surface area contributed by atoms with Gasteiger partial charge in [-0.2, -0.15) is 0 Å². The number of rotatable bonds is 4. The van der Waals surface area contributed by atoms with Gasteiger partial charge < -0.3 is 19.9 Å². The first-order chi connectivity index (χ1) is 8.47. The minimum Gasteiger partial charge on any atom is -0.393 e. The van der Waals surface area contributed by atoms with E-state index in [9.17, 15) is 14.7 Å². The predicted molar refractivity (Wildman–Crippen MR) is 63.2 cm³/mol. The van der Waals surface area contributed by atoms with E-state index in [1.807, 2.05) is 0 Å². The topological polar surface area (TPSA) is 96.9 Å². The Balaban J connectivity index is 2.61. The van der Waals surface area contributed by atoms with Gasteiger partial charge in [0, 0.05) is 20.5 Å². The zero-order valence-electron chi connectivity index (χ0n) is 10.2. The molecule has 3 N–H and O–H groups in total. The predicted octanol–water partition coefficient (Wildman–Crippen LogP) is -0.437. The number of aliphatic hydroxyl groups is 1. The van der Waals surface area contributed by atoms with Gasteiger partial charge in [0.15, 0.2) is 0 Å². The van der Waals surface area contributed by atoms with Crippen molar-refractivity contribution in [1.29, 1.82) is 0 Å². The van der Waals surface area contributed by atoms with Crippen LogP contribution in [0.15, 0.2) is 0 Å². The number of alkyl halides is 1. The van der Waals surface area contributed by atoms with Gasteiger partial charge in [0.2, 0.25) is 5.91 Å². The smallest absolute Gasteiger partial charge is 0.323 e. The van der Waals surface area contributed by atoms with E-state index >= 15 is 0 Å². The van der Waals surface area contributed by atoms with E-state index in [1.54, 1.807) is 0 Å². The number of carbonyl (C=O) groups is 2. The molecule has 1 aliphatic heterocycles. The summed E-state index contributed by atoms with van der Waals surface area (Å²) < 4.78 is 10.7. The highest BCUT2D eigenvalue weighted by Gasteiger charge is 2.48. The average Bonchev–Trinajstić information content (AvgIpc) is 2.66. The number of nitrogens with one attached hydrogen (secondary N) is 2. The molecule has 1 aliphatic rings. The summed E-state index contributed by atoms with van der Waals surface area (Å²) in [5.74, 6) is -0.436. The van der Waals surface area contributed by atoms with Crippen LogP contribution in [0.4, 0.5) is 4.79 Å². The number of methoxy groups -OCH3 is 1. The summed E-state index contributed by atoms with van der Waals surface area (Å²) in [5.41, 5.74) is -1.04. The van der Waals surface area contributed by atoms with Crippen LogP contribution in [0.5, 0.6) is 0 Å². The Labute approximate surface area is 110 Å². The molecule has 0 radical (unpaired) electrons. The fourth-order valence-electron chi connectivity index (χ4n) is 1.86. The van der Waals surface area contributed by atoms with Crippen LogP contribution in [0.25, 0.3) is 0 Å². The fraction of sp³-hybridized carbons (Fsp3) is 0.800. The number of hydrogen-bond donors (Lipinski definition) is 3. The highest BCUT2D eigenvalue weighted by atomic mass is 35.5. The second-order valence-electron chi connectivity index (χ2n) is 4.08. The van der Waals surface area contributed by atoms with Crippen molar-refractivity contribution in [2.75, 3.05) is 19.6 Å². The number of amides is 3. The molecule has 1 fully saturated rings. The summed E-state index contributed by atoms with van der Waals surface area (Å²) in [6.45, 7) is 0.908. The lowest BCUT2D eigenvalue weighted by Gasteiger charge is -2.29. The van der Waals surface area contributed by atoms with Gasteiger partial charge in [-0.3, -0.25) is 10.1 Å². The van der Waals surface area contributed by atoms with E-state index in [2.05, 4.69) is 10.6 Å². The molecule has 0 aromatic carbocycles. The summed E-state index contributed by atoms with van der Waals surface area (Å²) in [5, 5.41) is 13.9. The third-order valence-corrected chi connectivity index (χ3v) is 3.20. The first-order valence-corrected chi connectivity index (χ1v) is 5.96. The van der Waals surface area contributed by atoms with Crippen LogP contribution in [0.2, 0.25) is 0 Å². The summed E-state index contributed by atoms with van der Waals surface area (Å²) in [6.07, 6.45) is -0.752. The van der Waals surface area contributed by atoms with Crippen molar-refractivity contribution in [3.8, 4) is 0 Å². The Morgan fingerprint density at radius 2 is 2.28 bits per heavy atom. The van der Waals surface area contributed by atoms with E-state index in [0.29, 0.717) is 6.42 Å². The van der Waals surface area contributed by atoms with Crippen LogP contribution in [0, 0.1) is 0 Å². The van der Waals surface area contributed by atoms with E-state index in [0.717, 1.165) is 0 Å². The highest BCUT2D eigenvalue weighted by molar-refractivity contribution is 6.18. The Kier molecular flexibility index (Phi) is 5.33. The van der Waals surface area contributed by atoms with Crippen molar-refractivity contribution >= 4 is 23.5 Å². The molecule has 1 rings (SSSR count). The third-order valence-electron chi connectivity index (χ3n) is 2.75. The summed E-state index contributed by atoms with van der Waals surface area (Å²) in [6, 6.07) is -0.661. The van der Waals surface area contributed by atoms with Crippen molar-refractivity contribution in [2.24, 2.45) is 0 Å². The van der Waals surface area contributed by atoms with Gasteiger partial charge in [-0.15, -0.1) is 11.6 Å². The van der Waals surface area contributed by atoms with E-state index in [4.69, 9.17) is 21.1 Å². The molecule has 3 atom stereocenters. The Bertz CT molecular complexity index is 321. The van der Waals surface area contributed by atoms with Crippen molar-refractivity contribution in [3.63, 3.8) is 0 Å². The number of carbonyl (C=O) groups excluding carboxylic acids is 2. The second kappa shape index (κ2) is 6.33. The number of ether oxygens (including phenoxy) is 2. The quantitative estimate of drug-likeness (QED) is 0.607. The monoisotopic (exact) mass is 280 g/mol. The minimum atomic E-state index is -1.04. The highest BCUT2D eigenvalue weighted by Crippen LogP contribution is 2.32. The van der Waals surface area contributed by atoms with Gasteiger partial charge in [0.05, 0.1) is 18.6 Å². The van der Waals surface area contributed by atoms with Crippen LogP contribution in [0.3, 0.4) is 0 Å². The molecular weight excluding hydrogens is 264 g/mol. The normalized spacial score (nSPS) is 31.1. The zero-order valence-corrected chi connectivity index (χ0v) is 11.0. The summed E-state index contributed by atoms with van der Waals surface area (Å²) in [7, 11) is 1.48. The minimum absolute atomic E-state index is 0.0362. The lowest BCUT2D eigenvalue weighted by atomic mass is 10.00. The van der Waals surface area contributed by atoms with Gasteiger partial charge in [-0.05, 0) is 0 Å². The summed E-state index contributed by atoms with van der Waals surface area (Å²) in [4.78, 5) is 22.0. The van der Waals surface area contributed by atoms with Crippen molar-refractivity contribution in [1.82, 2.24) is 10.6 Å². The second-order valence-corrected chi connectivity index (χ2v) is 4.34. The molecule has 8 heteroatoms. The molecule has 0 aromatic heterocycles. The van der Waals surface area contributed by atoms with Crippen LogP contribution in [-0.4, -0.2) is 54.6 Å². The maximum atomic E-state index is 11.3. The largest absolute Gasteiger partial charge is 0.393 e. The van der Waals surface area contributed by atoms with E-state index in [-0.39, 0.29) is 12.5 Å². The van der Waals surface area contributed by atoms with Crippen molar-refractivity contribution in [3.05, 3.63) is 0 Å². The van der Waals surface area contributed by atoms with Crippen LogP contribution in [-0.2, 0) is 14.3 Å². The molecular formula is C10H17ClN2O5. The Hall–Kier alpha value is -0.890. The van der Waals surface area contributed by atoms with Crippen LogP contribution >= 0.6 is 11.6 Å². The molecule has 0 spiro atoms. The molecule has 0 aromatic rings. The standard InChI is InChI=1S/C10H17ClN2O5/c1-6(15)12-9(16)13-8-3-7(17-2)10(4-11,5-14)18-8/h7-8,14H,3-5H2,1-2H3,(H2,12,13,15,16)/t7-,8+,10+/m0/s1. The third kappa shape index (κ3) is 3.32. The van der Waals surface area contributed by atoms with E-state index in [1.165, 1.54) is 14.0 Å². The van der Waals surface area contributed by atoms with Crippen LogP contribution in [0.1, 0.15) is 13.3 Å². The lowest BCUT2D eigenvalue weighted by molar-refractivity contribution is -0.118. The summed E-state index contributed by atoms with van der Waals surface area (Å²) >= 11 is 5.78. The van der Waals surface area contributed by atoms with Gasteiger partial charge in [0.25, 0.3) is 0 Å². The number of halogens is 1. The lowest BCUT2D eigenvalue weighted by Crippen LogP contribution is -2.48. The van der Waals surface area contributed by atoms with Crippen molar-refractivity contribution < 1.29 is 24.2 Å².